The highest BCUT2D eigenvalue weighted by Crippen LogP contribution is 2.26. The van der Waals surface area contributed by atoms with Gasteiger partial charge in [-0.1, -0.05) is 6.08 Å². The molecule has 1 fully saturated rings. The zero-order chi connectivity index (χ0) is 23.2. The molecule has 10 heteroatoms. The van der Waals surface area contributed by atoms with Crippen LogP contribution in [0.5, 0.6) is 5.75 Å². The number of aliphatic hydroxyl groups is 2. The molecule has 0 spiro atoms. The number of aliphatic hydroxyl groups excluding tert-OH is 2. The number of hydrogen-bond donors (Lipinski definition) is 4. The van der Waals surface area contributed by atoms with Crippen LogP contribution in [-0.4, -0.2) is 61.9 Å². The molecule has 0 amide bonds. The monoisotopic (exact) mass is 467 g/mol. The Morgan fingerprint density at radius 2 is 2.03 bits per heavy atom. The van der Waals surface area contributed by atoms with Gasteiger partial charge in [0, 0.05) is 24.9 Å². The minimum Gasteiger partial charge on any atom is -0.465 e. The fourth-order valence-corrected chi connectivity index (χ4v) is 3.62. The van der Waals surface area contributed by atoms with E-state index in [2.05, 4.69) is 32.2 Å². The topological polar surface area (TPSA) is 122 Å². The van der Waals surface area contributed by atoms with Gasteiger partial charge < -0.3 is 30.3 Å². The molecule has 0 bridgehead atoms. The van der Waals surface area contributed by atoms with E-state index < -0.39 is 18.5 Å². The summed E-state index contributed by atoms with van der Waals surface area (Å²) in [5.74, 6) is 1.16. The van der Waals surface area contributed by atoms with Gasteiger partial charge in [-0.15, -0.1) is 6.58 Å². The Labute approximate surface area is 196 Å². The lowest BCUT2D eigenvalue weighted by molar-refractivity contribution is -0.184. The minimum absolute atomic E-state index is 0.154. The molecule has 2 unspecified atom stereocenters. The molecule has 3 heterocycles. The van der Waals surface area contributed by atoms with Gasteiger partial charge in [0.2, 0.25) is 6.29 Å². The van der Waals surface area contributed by atoms with Crippen molar-refractivity contribution in [1.82, 2.24) is 20.3 Å². The number of thiocarbonyl (C=S) groups is 1. The maximum absolute atomic E-state index is 9.93. The maximum atomic E-state index is 9.93. The van der Waals surface area contributed by atoms with Crippen molar-refractivity contribution in [2.45, 2.75) is 31.3 Å². The summed E-state index contributed by atoms with van der Waals surface area (Å²) in [7, 11) is 0. The zero-order valence-corrected chi connectivity index (χ0v) is 18.7. The van der Waals surface area contributed by atoms with E-state index in [-0.39, 0.29) is 6.61 Å². The lowest BCUT2D eigenvalue weighted by Gasteiger charge is -2.32. The Hall–Kier alpha value is -3.18. The number of benzene rings is 1. The van der Waals surface area contributed by atoms with Crippen molar-refractivity contribution in [3.05, 3.63) is 55.3 Å². The minimum atomic E-state index is -0.612. The molecule has 0 aliphatic carbocycles. The van der Waals surface area contributed by atoms with Crippen LogP contribution in [0.4, 0.5) is 5.82 Å². The fraction of sp³-hybridized carbons (Fsp3) is 0.304. The van der Waals surface area contributed by atoms with Crippen molar-refractivity contribution in [3.8, 4) is 17.0 Å². The van der Waals surface area contributed by atoms with Gasteiger partial charge in [-0.3, -0.25) is 4.98 Å². The highest BCUT2D eigenvalue weighted by molar-refractivity contribution is 7.80. The molecule has 1 aliphatic rings. The van der Waals surface area contributed by atoms with Crippen LogP contribution in [0.25, 0.3) is 22.4 Å². The van der Waals surface area contributed by atoms with Crippen LogP contribution in [0.3, 0.4) is 0 Å². The van der Waals surface area contributed by atoms with Crippen LogP contribution in [0.15, 0.2) is 55.3 Å². The van der Waals surface area contributed by atoms with Crippen LogP contribution in [-0.2, 0) is 4.74 Å². The Bertz CT molecular complexity index is 1130. The number of aromatic nitrogens is 3. The number of nitrogens with zero attached hydrogens (tertiary/aromatic N) is 3. The second-order valence-corrected chi connectivity index (χ2v) is 7.96. The average molecular weight is 468 g/mol. The first kappa shape index (κ1) is 23.0. The van der Waals surface area contributed by atoms with Gasteiger partial charge in [0.15, 0.2) is 10.8 Å². The third kappa shape index (κ3) is 5.99. The first-order chi connectivity index (χ1) is 16.0. The van der Waals surface area contributed by atoms with Crippen molar-refractivity contribution in [3.63, 3.8) is 0 Å². The van der Waals surface area contributed by atoms with Crippen molar-refractivity contribution in [1.29, 1.82) is 0 Å². The van der Waals surface area contributed by atoms with Gasteiger partial charge in [0.05, 0.1) is 30.7 Å². The SMILES string of the molecule is C=CCNC(=S)Nc1ccc2ncc(-c3ccc(O[C@H]4CC(O)CC(CO)O4)cc3)nc2n1. The molecule has 4 N–H and O–H groups in total. The van der Waals surface area contributed by atoms with Gasteiger partial charge in [-0.25, -0.2) is 9.97 Å². The van der Waals surface area contributed by atoms with E-state index in [1.807, 2.05) is 18.2 Å². The largest absolute Gasteiger partial charge is 0.465 e. The molecule has 3 atom stereocenters. The molecule has 3 aromatic rings. The standard InChI is InChI=1S/C23H25N5O4S/c1-2-9-24-23(33)28-20-8-7-18-22(27-20)26-19(12-25-18)14-3-5-16(6-4-14)31-21-11-15(30)10-17(13-29)32-21/h2-8,12,15,17,21,29-30H,1,9-11,13H2,(H2,24,26,27,28,33)/t15?,17?,21-/m1/s1. The van der Waals surface area contributed by atoms with Crippen LogP contribution in [0.1, 0.15) is 12.8 Å². The van der Waals surface area contributed by atoms with E-state index >= 15 is 0 Å². The zero-order valence-electron chi connectivity index (χ0n) is 17.8. The van der Waals surface area contributed by atoms with Crippen LogP contribution in [0, 0.1) is 0 Å². The predicted molar refractivity (Wildman–Crippen MR) is 129 cm³/mol. The molecule has 2 aromatic heterocycles. The molecule has 33 heavy (non-hydrogen) atoms. The highest BCUT2D eigenvalue weighted by Gasteiger charge is 2.29. The Kier molecular flexibility index (Phi) is 7.40. The van der Waals surface area contributed by atoms with Crippen molar-refractivity contribution in [2.75, 3.05) is 18.5 Å². The second-order valence-electron chi connectivity index (χ2n) is 7.56. The van der Waals surface area contributed by atoms with Crippen LogP contribution >= 0.6 is 12.2 Å². The third-order valence-corrected chi connectivity index (χ3v) is 5.27. The average Bonchev–Trinajstić information content (AvgIpc) is 2.82. The molecule has 172 valence electrons. The summed E-state index contributed by atoms with van der Waals surface area (Å²) in [5, 5.41) is 25.7. The molecular weight excluding hydrogens is 442 g/mol. The van der Waals surface area contributed by atoms with Crippen molar-refractivity contribution < 1.29 is 19.7 Å². The van der Waals surface area contributed by atoms with Gasteiger partial charge in [0.25, 0.3) is 0 Å². The number of fused-ring (bicyclic) bond motifs is 1. The molecule has 1 aliphatic heterocycles. The lowest BCUT2D eigenvalue weighted by atomic mass is 10.1. The van der Waals surface area contributed by atoms with Crippen molar-refractivity contribution >= 4 is 34.3 Å². The molecule has 1 aromatic carbocycles. The number of anilines is 1. The predicted octanol–water partition coefficient (Wildman–Crippen LogP) is 2.40. The van der Waals surface area contributed by atoms with Crippen molar-refractivity contribution in [2.24, 2.45) is 0 Å². The summed E-state index contributed by atoms with van der Waals surface area (Å²) in [5.41, 5.74) is 2.67. The smallest absolute Gasteiger partial charge is 0.202 e. The van der Waals surface area contributed by atoms with Gasteiger partial charge >= 0.3 is 0 Å². The van der Waals surface area contributed by atoms with Gasteiger partial charge in [-0.2, -0.15) is 0 Å². The molecule has 0 radical (unpaired) electrons. The van der Waals surface area contributed by atoms with E-state index in [9.17, 15) is 10.2 Å². The van der Waals surface area contributed by atoms with E-state index in [0.29, 0.717) is 52.9 Å². The summed E-state index contributed by atoms with van der Waals surface area (Å²) in [6, 6.07) is 10.9. The third-order valence-electron chi connectivity index (χ3n) is 5.02. The fourth-order valence-electron chi connectivity index (χ4n) is 3.43. The quantitative estimate of drug-likeness (QED) is 0.304. The summed E-state index contributed by atoms with van der Waals surface area (Å²) in [6.07, 6.45) is 2.56. The number of hydrogen-bond acceptors (Lipinski definition) is 8. The first-order valence-corrected chi connectivity index (χ1v) is 11.0. The highest BCUT2D eigenvalue weighted by atomic mass is 32.1. The summed E-state index contributed by atoms with van der Waals surface area (Å²) >= 11 is 5.22. The first-order valence-electron chi connectivity index (χ1n) is 10.5. The van der Waals surface area contributed by atoms with Crippen LogP contribution in [0.2, 0.25) is 0 Å². The Balaban J connectivity index is 1.46. The number of pyridine rings is 1. The second kappa shape index (κ2) is 10.6. The maximum Gasteiger partial charge on any atom is 0.202 e. The summed E-state index contributed by atoms with van der Waals surface area (Å²) in [4.78, 5) is 13.6. The molecular formula is C23H25N5O4S. The van der Waals surface area contributed by atoms with E-state index in [1.165, 1.54) is 0 Å². The molecule has 9 nitrogen and oxygen atoms in total. The van der Waals surface area contributed by atoms with Gasteiger partial charge in [-0.05, 0) is 48.6 Å². The number of ether oxygens (including phenoxy) is 2. The van der Waals surface area contributed by atoms with E-state index in [1.54, 1.807) is 30.5 Å². The number of rotatable bonds is 7. The summed E-state index contributed by atoms with van der Waals surface area (Å²) in [6.45, 7) is 4.05. The van der Waals surface area contributed by atoms with Gasteiger partial charge in [0.1, 0.15) is 17.1 Å². The van der Waals surface area contributed by atoms with Crippen LogP contribution < -0.4 is 15.4 Å². The molecule has 4 rings (SSSR count). The lowest BCUT2D eigenvalue weighted by Crippen LogP contribution is -2.40. The summed E-state index contributed by atoms with van der Waals surface area (Å²) < 4.78 is 11.5. The van der Waals surface area contributed by atoms with E-state index in [4.69, 9.17) is 21.7 Å². The normalized spacial score (nSPS) is 20.2. The Morgan fingerprint density at radius 1 is 1.21 bits per heavy atom. The van der Waals surface area contributed by atoms with E-state index in [0.717, 1.165) is 5.56 Å². The number of nitrogens with one attached hydrogen (secondary N) is 2. The Morgan fingerprint density at radius 3 is 2.79 bits per heavy atom. The molecule has 1 saturated heterocycles. The molecule has 0 saturated carbocycles.